The Labute approximate surface area is 179 Å². The monoisotopic (exact) mass is 416 g/mol. The second kappa shape index (κ2) is 9.76. The molecule has 29 heavy (non-hydrogen) atoms. The van der Waals surface area contributed by atoms with Crippen LogP contribution in [0.4, 0.5) is 0 Å². The van der Waals surface area contributed by atoms with Crippen molar-refractivity contribution in [3.8, 4) is 0 Å². The summed E-state index contributed by atoms with van der Waals surface area (Å²) in [5.41, 5.74) is 3.68. The number of rotatable bonds is 6. The summed E-state index contributed by atoms with van der Waals surface area (Å²) >= 11 is 1.87. The van der Waals surface area contributed by atoms with Gasteiger partial charge in [0.15, 0.2) is 5.96 Å². The Kier molecular flexibility index (Phi) is 7.35. The van der Waals surface area contributed by atoms with Crippen LogP contribution in [0.25, 0.3) is 0 Å². The van der Waals surface area contributed by atoms with E-state index in [4.69, 9.17) is 0 Å². The van der Waals surface area contributed by atoms with Gasteiger partial charge in [0, 0.05) is 43.3 Å². The molecule has 6 nitrogen and oxygen atoms in total. The van der Waals surface area contributed by atoms with Crippen LogP contribution in [0.2, 0.25) is 0 Å². The van der Waals surface area contributed by atoms with Crippen LogP contribution < -0.4 is 10.6 Å². The summed E-state index contributed by atoms with van der Waals surface area (Å²) in [5.74, 6) is 1.47. The molecule has 0 spiro atoms. The Balaban J connectivity index is 1.58. The first kappa shape index (κ1) is 21.8. The van der Waals surface area contributed by atoms with Crippen LogP contribution in [-0.2, 0) is 13.5 Å². The number of likely N-dealkylation sites (tertiary alicyclic amines) is 1. The largest absolute Gasteiger partial charge is 0.356 e. The molecule has 3 unspecified atom stereocenters. The zero-order valence-corrected chi connectivity index (χ0v) is 19.5. The number of aromatic nitrogens is 2. The number of piperidine rings is 1. The fraction of sp³-hybridized carbons (Fsp3) is 0.636. The van der Waals surface area contributed by atoms with Gasteiger partial charge in [-0.25, -0.2) is 0 Å². The molecule has 0 aliphatic carbocycles. The van der Waals surface area contributed by atoms with Gasteiger partial charge in [0.05, 0.1) is 5.69 Å². The summed E-state index contributed by atoms with van der Waals surface area (Å²) in [7, 11) is 6.12. The van der Waals surface area contributed by atoms with Gasteiger partial charge in [0.2, 0.25) is 0 Å². The maximum absolute atomic E-state index is 4.54. The molecule has 0 saturated carbocycles. The Morgan fingerprint density at radius 2 is 2.17 bits per heavy atom. The Morgan fingerprint density at radius 1 is 1.38 bits per heavy atom. The molecule has 0 aromatic carbocycles. The van der Waals surface area contributed by atoms with Gasteiger partial charge in [-0.2, -0.15) is 5.10 Å². The third kappa shape index (κ3) is 5.20. The van der Waals surface area contributed by atoms with Gasteiger partial charge in [0.25, 0.3) is 0 Å². The molecule has 3 heterocycles. The minimum atomic E-state index is 0.282. The molecule has 3 rings (SSSR count). The molecule has 7 heteroatoms. The van der Waals surface area contributed by atoms with Gasteiger partial charge in [0.1, 0.15) is 0 Å². The summed E-state index contributed by atoms with van der Waals surface area (Å²) in [4.78, 5) is 8.45. The lowest BCUT2D eigenvalue weighted by atomic mass is 9.88. The SMILES string of the molecule is CN=C(NCC1CCCN(C)C1c1cccs1)NC(C)Cc1c(C)nn(C)c1C. The van der Waals surface area contributed by atoms with Crippen molar-refractivity contribution in [3.05, 3.63) is 39.3 Å². The highest BCUT2D eigenvalue weighted by Crippen LogP contribution is 2.36. The van der Waals surface area contributed by atoms with Gasteiger partial charge < -0.3 is 10.6 Å². The topological polar surface area (TPSA) is 57.5 Å². The van der Waals surface area contributed by atoms with Gasteiger partial charge in [-0.3, -0.25) is 14.6 Å². The second-order valence-electron chi connectivity index (χ2n) is 8.32. The van der Waals surface area contributed by atoms with E-state index in [1.807, 2.05) is 30.1 Å². The molecule has 1 aliphatic heterocycles. The van der Waals surface area contributed by atoms with Crippen molar-refractivity contribution in [2.24, 2.45) is 18.0 Å². The highest BCUT2D eigenvalue weighted by atomic mass is 32.1. The van der Waals surface area contributed by atoms with E-state index in [2.05, 4.69) is 71.0 Å². The molecule has 0 amide bonds. The maximum Gasteiger partial charge on any atom is 0.191 e. The highest BCUT2D eigenvalue weighted by molar-refractivity contribution is 7.10. The first-order chi connectivity index (χ1) is 13.9. The number of hydrogen-bond acceptors (Lipinski definition) is 4. The number of aryl methyl sites for hydroxylation is 2. The van der Waals surface area contributed by atoms with E-state index < -0.39 is 0 Å². The Morgan fingerprint density at radius 3 is 2.79 bits per heavy atom. The van der Waals surface area contributed by atoms with E-state index in [-0.39, 0.29) is 6.04 Å². The normalized spacial score (nSPS) is 21.9. The highest BCUT2D eigenvalue weighted by Gasteiger charge is 2.31. The molecule has 0 radical (unpaired) electrons. The van der Waals surface area contributed by atoms with Gasteiger partial charge >= 0.3 is 0 Å². The first-order valence-corrected chi connectivity index (χ1v) is 11.5. The number of nitrogens with zero attached hydrogens (tertiary/aromatic N) is 4. The summed E-state index contributed by atoms with van der Waals surface area (Å²) in [6.45, 7) is 8.55. The summed E-state index contributed by atoms with van der Waals surface area (Å²) < 4.78 is 1.97. The van der Waals surface area contributed by atoms with Gasteiger partial charge in [-0.15, -0.1) is 11.3 Å². The van der Waals surface area contributed by atoms with Crippen molar-refractivity contribution in [3.63, 3.8) is 0 Å². The van der Waals surface area contributed by atoms with Crippen LogP contribution in [0, 0.1) is 19.8 Å². The van der Waals surface area contributed by atoms with E-state index in [0.717, 1.165) is 24.6 Å². The number of guanidine groups is 1. The average molecular weight is 417 g/mol. The van der Waals surface area contributed by atoms with Crippen molar-refractivity contribution >= 4 is 17.3 Å². The maximum atomic E-state index is 4.54. The van der Waals surface area contributed by atoms with Crippen LogP contribution in [0.1, 0.15) is 47.6 Å². The fourth-order valence-electron chi connectivity index (χ4n) is 4.51. The molecule has 1 saturated heterocycles. The van der Waals surface area contributed by atoms with E-state index in [1.165, 1.54) is 35.5 Å². The summed E-state index contributed by atoms with van der Waals surface area (Å²) in [6.07, 6.45) is 3.45. The number of aliphatic imine (C=N–C) groups is 1. The summed E-state index contributed by atoms with van der Waals surface area (Å²) in [6, 6.07) is 5.22. The molecule has 1 aliphatic rings. The Hall–Kier alpha value is -1.86. The quantitative estimate of drug-likeness (QED) is 0.560. The van der Waals surface area contributed by atoms with E-state index in [9.17, 15) is 0 Å². The van der Waals surface area contributed by atoms with Crippen molar-refractivity contribution in [2.75, 3.05) is 27.2 Å². The van der Waals surface area contributed by atoms with Crippen molar-refractivity contribution in [2.45, 2.75) is 52.1 Å². The van der Waals surface area contributed by atoms with E-state index in [1.54, 1.807) is 0 Å². The number of nitrogens with one attached hydrogen (secondary N) is 2. The van der Waals surface area contributed by atoms with Crippen LogP contribution >= 0.6 is 11.3 Å². The Bertz CT molecular complexity index is 810. The first-order valence-electron chi connectivity index (χ1n) is 10.6. The molecular weight excluding hydrogens is 380 g/mol. The molecule has 2 aromatic rings. The lowest BCUT2D eigenvalue weighted by Gasteiger charge is -2.39. The van der Waals surface area contributed by atoms with Gasteiger partial charge in [-0.1, -0.05) is 6.07 Å². The molecule has 1 fully saturated rings. The number of thiophene rings is 1. The third-order valence-corrected chi connectivity index (χ3v) is 7.09. The standard InChI is InChI=1S/C22H36N6S/c1-15(13-19-16(2)26-28(6)17(19)3)25-22(23-4)24-14-18-9-7-11-27(5)21(18)20-10-8-12-29-20/h8,10,12,15,18,21H,7,9,11,13-14H2,1-6H3,(H2,23,24,25). The second-order valence-corrected chi connectivity index (χ2v) is 9.30. The smallest absolute Gasteiger partial charge is 0.191 e. The predicted octanol–water partition coefficient (Wildman–Crippen LogP) is 3.28. The van der Waals surface area contributed by atoms with Crippen molar-refractivity contribution in [1.29, 1.82) is 0 Å². The lowest BCUT2D eigenvalue weighted by molar-refractivity contribution is 0.125. The van der Waals surface area contributed by atoms with E-state index >= 15 is 0 Å². The molecule has 3 atom stereocenters. The van der Waals surface area contributed by atoms with Crippen LogP contribution in [0.15, 0.2) is 22.5 Å². The van der Waals surface area contributed by atoms with Crippen LogP contribution in [-0.4, -0.2) is 53.9 Å². The predicted molar refractivity (Wildman–Crippen MR) is 123 cm³/mol. The van der Waals surface area contributed by atoms with Crippen molar-refractivity contribution in [1.82, 2.24) is 25.3 Å². The number of hydrogen-bond donors (Lipinski definition) is 2. The van der Waals surface area contributed by atoms with Crippen molar-refractivity contribution < 1.29 is 0 Å². The summed E-state index contributed by atoms with van der Waals surface area (Å²) in [5, 5.41) is 13.9. The zero-order valence-electron chi connectivity index (χ0n) is 18.7. The molecular formula is C22H36N6S. The molecule has 160 valence electrons. The molecule has 2 aromatic heterocycles. The average Bonchev–Trinajstić information content (AvgIpc) is 3.29. The third-order valence-electron chi connectivity index (χ3n) is 6.15. The minimum Gasteiger partial charge on any atom is -0.356 e. The lowest BCUT2D eigenvalue weighted by Crippen LogP contribution is -2.47. The molecule has 0 bridgehead atoms. The van der Waals surface area contributed by atoms with E-state index in [0.29, 0.717) is 12.0 Å². The zero-order chi connectivity index (χ0) is 21.0. The minimum absolute atomic E-state index is 0.282. The van der Waals surface area contributed by atoms with Crippen LogP contribution in [0.3, 0.4) is 0 Å². The molecule has 2 N–H and O–H groups in total. The van der Waals surface area contributed by atoms with Crippen LogP contribution in [0.5, 0.6) is 0 Å². The van der Waals surface area contributed by atoms with Gasteiger partial charge in [-0.05, 0) is 76.6 Å². The fourth-order valence-corrected chi connectivity index (χ4v) is 5.49.